The molecule has 0 spiro atoms. The zero-order chi connectivity index (χ0) is 14.3. The quantitative estimate of drug-likeness (QED) is 0.753. The monoisotopic (exact) mass is 289 g/mol. The molecule has 1 aromatic heterocycles. The van der Waals surface area contributed by atoms with E-state index in [0.717, 1.165) is 5.39 Å². The minimum absolute atomic E-state index is 0.0205. The minimum Gasteiger partial charge on any atom is -0.507 e. The highest BCUT2D eigenvalue weighted by atomic mass is 35.5. The molecular formula is C14H8ClNO4. The Balaban J connectivity index is 2.28. The zero-order valence-electron chi connectivity index (χ0n) is 10.0. The summed E-state index contributed by atoms with van der Waals surface area (Å²) in [5.41, 5.74) is 0.171. The second-order valence-corrected chi connectivity index (χ2v) is 4.64. The van der Waals surface area contributed by atoms with Crippen LogP contribution in [0.3, 0.4) is 0 Å². The van der Waals surface area contributed by atoms with Gasteiger partial charge in [-0.2, -0.15) is 0 Å². The van der Waals surface area contributed by atoms with Crippen molar-refractivity contribution in [1.29, 1.82) is 0 Å². The van der Waals surface area contributed by atoms with Crippen molar-refractivity contribution in [2.75, 3.05) is 0 Å². The maximum Gasteiger partial charge on any atom is 0.358 e. The molecule has 0 fully saturated rings. The summed E-state index contributed by atoms with van der Waals surface area (Å²) in [6, 6.07) is 9.64. The van der Waals surface area contributed by atoms with Gasteiger partial charge in [-0.1, -0.05) is 28.9 Å². The third-order valence-corrected chi connectivity index (χ3v) is 3.17. The van der Waals surface area contributed by atoms with Gasteiger partial charge < -0.3 is 14.7 Å². The fourth-order valence-electron chi connectivity index (χ4n) is 2.04. The number of hydrogen-bond donors (Lipinski definition) is 2. The van der Waals surface area contributed by atoms with Crippen molar-refractivity contribution >= 4 is 28.3 Å². The SMILES string of the molecule is O=C(O)c1cc(-c2c(O)ccc3cc(Cl)ccc23)on1. The lowest BCUT2D eigenvalue weighted by molar-refractivity contribution is 0.0686. The molecule has 0 saturated heterocycles. The molecule has 0 radical (unpaired) electrons. The van der Waals surface area contributed by atoms with E-state index in [-0.39, 0.29) is 17.2 Å². The standard InChI is InChI=1S/C14H8ClNO4/c15-8-2-3-9-7(5-8)1-4-11(17)13(9)12-6-10(14(18)19)16-20-12/h1-6,17H,(H,18,19). The average Bonchev–Trinajstić information content (AvgIpc) is 2.88. The maximum atomic E-state index is 10.8. The van der Waals surface area contributed by atoms with E-state index in [0.29, 0.717) is 16.0 Å². The van der Waals surface area contributed by atoms with Crippen LogP contribution >= 0.6 is 11.6 Å². The summed E-state index contributed by atoms with van der Waals surface area (Å²) in [6.45, 7) is 0. The largest absolute Gasteiger partial charge is 0.507 e. The highest BCUT2D eigenvalue weighted by molar-refractivity contribution is 6.31. The summed E-state index contributed by atoms with van der Waals surface area (Å²) in [5.74, 6) is -1.02. The number of nitrogens with zero attached hydrogens (tertiary/aromatic N) is 1. The summed E-state index contributed by atoms with van der Waals surface area (Å²) in [4.78, 5) is 10.8. The molecule has 0 amide bonds. The van der Waals surface area contributed by atoms with Gasteiger partial charge in [0.2, 0.25) is 0 Å². The number of halogens is 1. The molecule has 1 heterocycles. The number of hydrogen-bond acceptors (Lipinski definition) is 4. The van der Waals surface area contributed by atoms with E-state index in [2.05, 4.69) is 5.16 Å². The van der Waals surface area contributed by atoms with Crippen molar-refractivity contribution < 1.29 is 19.5 Å². The topological polar surface area (TPSA) is 83.6 Å². The molecule has 0 unspecified atom stereocenters. The van der Waals surface area contributed by atoms with Crippen molar-refractivity contribution in [1.82, 2.24) is 5.16 Å². The number of phenols is 1. The van der Waals surface area contributed by atoms with Crippen LogP contribution in [0.15, 0.2) is 40.9 Å². The predicted molar refractivity (Wildman–Crippen MR) is 73.1 cm³/mol. The number of aromatic carboxylic acids is 1. The van der Waals surface area contributed by atoms with Gasteiger partial charge in [0, 0.05) is 11.1 Å². The second-order valence-electron chi connectivity index (χ2n) is 4.21. The van der Waals surface area contributed by atoms with Crippen LogP contribution in [-0.2, 0) is 0 Å². The maximum absolute atomic E-state index is 10.8. The first-order valence-corrected chi connectivity index (χ1v) is 6.05. The number of rotatable bonds is 2. The lowest BCUT2D eigenvalue weighted by Gasteiger charge is -2.06. The van der Waals surface area contributed by atoms with Crippen LogP contribution in [0.4, 0.5) is 0 Å². The number of fused-ring (bicyclic) bond motifs is 1. The Kier molecular flexibility index (Phi) is 2.84. The van der Waals surface area contributed by atoms with Gasteiger partial charge in [0.1, 0.15) is 5.75 Å². The van der Waals surface area contributed by atoms with Crippen molar-refractivity contribution in [3.05, 3.63) is 47.1 Å². The summed E-state index contributed by atoms with van der Waals surface area (Å²) in [7, 11) is 0. The Bertz CT molecular complexity index is 825. The first-order chi connectivity index (χ1) is 9.56. The third-order valence-electron chi connectivity index (χ3n) is 2.94. The fourth-order valence-corrected chi connectivity index (χ4v) is 2.22. The van der Waals surface area contributed by atoms with Crippen LogP contribution in [0.5, 0.6) is 5.75 Å². The number of aromatic nitrogens is 1. The molecule has 0 saturated carbocycles. The Morgan fingerprint density at radius 2 is 2.00 bits per heavy atom. The van der Waals surface area contributed by atoms with Crippen LogP contribution in [-0.4, -0.2) is 21.3 Å². The molecule has 2 aromatic carbocycles. The predicted octanol–water partition coefficient (Wildman–Crippen LogP) is 3.55. The van der Waals surface area contributed by atoms with Crippen molar-refractivity contribution in [3.8, 4) is 17.1 Å². The summed E-state index contributed by atoms with van der Waals surface area (Å²) < 4.78 is 5.01. The van der Waals surface area contributed by atoms with Gasteiger partial charge in [-0.3, -0.25) is 0 Å². The molecule has 3 rings (SSSR count). The molecule has 0 atom stereocenters. The van der Waals surface area contributed by atoms with Crippen molar-refractivity contribution in [2.45, 2.75) is 0 Å². The van der Waals surface area contributed by atoms with Gasteiger partial charge in [0.05, 0.1) is 5.56 Å². The van der Waals surface area contributed by atoms with Gasteiger partial charge in [-0.05, 0) is 29.0 Å². The van der Waals surface area contributed by atoms with E-state index in [4.69, 9.17) is 21.2 Å². The van der Waals surface area contributed by atoms with E-state index in [9.17, 15) is 9.90 Å². The van der Waals surface area contributed by atoms with Crippen LogP contribution in [0.1, 0.15) is 10.5 Å². The lowest BCUT2D eigenvalue weighted by atomic mass is 10.0. The van der Waals surface area contributed by atoms with E-state index in [1.807, 2.05) is 0 Å². The molecule has 5 nitrogen and oxygen atoms in total. The summed E-state index contributed by atoms with van der Waals surface area (Å²) in [6.07, 6.45) is 0. The Hall–Kier alpha value is -2.53. The molecule has 0 bridgehead atoms. The highest BCUT2D eigenvalue weighted by Crippen LogP contribution is 2.37. The zero-order valence-corrected chi connectivity index (χ0v) is 10.8. The molecule has 2 N–H and O–H groups in total. The number of carboxylic acids is 1. The molecule has 20 heavy (non-hydrogen) atoms. The third kappa shape index (κ3) is 1.98. The molecular weight excluding hydrogens is 282 g/mol. The minimum atomic E-state index is -1.19. The molecule has 6 heteroatoms. The number of carboxylic acid groups (broad SMARTS) is 1. The molecule has 100 valence electrons. The first kappa shape index (κ1) is 12.5. The molecule has 3 aromatic rings. The number of carbonyl (C=O) groups is 1. The molecule has 0 aliphatic carbocycles. The second kappa shape index (κ2) is 4.54. The fraction of sp³-hybridized carbons (Fsp3) is 0. The van der Waals surface area contributed by atoms with Crippen molar-refractivity contribution in [3.63, 3.8) is 0 Å². The van der Waals surface area contributed by atoms with Gasteiger partial charge in [0.15, 0.2) is 11.5 Å². The van der Waals surface area contributed by atoms with Gasteiger partial charge >= 0.3 is 5.97 Å². The van der Waals surface area contributed by atoms with Crippen LogP contribution in [0.2, 0.25) is 5.02 Å². The normalized spacial score (nSPS) is 10.8. The first-order valence-electron chi connectivity index (χ1n) is 5.68. The Labute approximate surface area is 118 Å². The van der Waals surface area contributed by atoms with Gasteiger partial charge in [0.25, 0.3) is 0 Å². The average molecular weight is 290 g/mol. The van der Waals surface area contributed by atoms with Crippen LogP contribution < -0.4 is 0 Å². The highest BCUT2D eigenvalue weighted by Gasteiger charge is 2.17. The lowest BCUT2D eigenvalue weighted by Crippen LogP contribution is -1.94. The Morgan fingerprint density at radius 1 is 1.20 bits per heavy atom. The summed E-state index contributed by atoms with van der Waals surface area (Å²) >= 11 is 5.93. The number of aromatic hydroxyl groups is 1. The van der Waals surface area contributed by atoms with E-state index < -0.39 is 5.97 Å². The van der Waals surface area contributed by atoms with E-state index >= 15 is 0 Å². The number of phenolic OH excluding ortho intramolecular Hbond substituents is 1. The number of benzene rings is 2. The van der Waals surface area contributed by atoms with Gasteiger partial charge in [-0.15, -0.1) is 0 Å². The smallest absolute Gasteiger partial charge is 0.358 e. The van der Waals surface area contributed by atoms with E-state index in [1.165, 1.54) is 12.1 Å². The van der Waals surface area contributed by atoms with Crippen LogP contribution in [0.25, 0.3) is 22.1 Å². The molecule has 0 aliphatic heterocycles. The van der Waals surface area contributed by atoms with Crippen LogP contribution in [0, 0.1) is 0 Å². The Morgan fingerprint density at radius 3 is 2.70 bits per heavy atom. The summed E-state index contributed by atoms with van der Waals surface area (Å²) in [5, 5.41) is 24.4. The van der Waals surface area contributed by atoms with Crippen molar-refractivity contribution in [2.24, 2.45) is 0 Å². The van der Waals surface area contributed by atoms with E-state index in [1.54, 1.807) is 24.3 Å². The molecule has 0 aliphatic rings. The van der Waals surface area contributed by atoms with Gasteiger partial charge in [-0.25, -0.2) is 4.79 Å².